The van der Waals surface area contributed by atoms with Gasteiger partial charge in [-0.25, -0.2) is 17.8 Å². The molecule has 0 radical (unpaired) electrons. The third kappa shape index (κ3) is 3.66. The van der Waals surface area contributed by atoms with Gasteiger partial charge in [0.15, 0.2) is 9.84 Å². The molecule has 1 aromatic heterocycles. The monoisotopic (exact) mass is 382 g/mol. The summed E-state index contributed by atoms with van der Waals surface area (Å²) in [5.74, 6) is -0.377. The number of nitrogens with zero attached hydrogens (tertiary/aromatic N) is 2. The van der Waals surface area contributed by atoms with Gasteiger partial charge in [-0.2, -0.15) is 5.26 Å². The molecule has 3 rings (SSSR count). The molecule has 1 heterocycles. The van der Waals surface area contributed by atoms with Gasteiger partial charge in [0.25, 0.3) is 0 Å². The van der Waals surface area contributed by atoms with Crippen molar-refractivity contribution in [1.82, 2.24) is 4.98 Å². The maximum Gasteiger partial charge on any atom is 0.232 e. The van der Waals surface area contributed by atoms with Gasteiger partial charge < -0.3 is 4.74 Å². The number of aromatic nitrogens is 1. The minimum atomic E-state index is -3.34. The van der Waals surface area contributed by atoms with Crippen LogP contribution in [0.5, 0.6) is 5.88 Å². The third-order valence-corrected chi connectivity index (χ3v) is 5.15. The number of pyridine rings is 1. The van der Waals surface area contributed by atoms with Crippen molar-refractivity contribution in [3.63, 3.8) is 0 Å². The summed E-state index contributed by atoms with van der Waals surface area (Å²) in [4.78, 5) is 4.50. The van der Waals surface area contributed by atoms with Gasteiger partial charge in [-0.1, -0.05) is 24.3 Å². The number of sulfone groups is 1. The third-order valence-electron chi connectivity index (χ3n) is 4.02. The number of rotatable bonds is 4. The van der Waals surface area contributed by atoms with Crippen LogP contribution < -0.4 is 4.74 Å². The van der Waals surface area contributed by atoms with Gasteiger partial charge in [-0.3, -0.25) is 0 Å². The van der Waals surface area contributed by atoms with Crippen molar-refractivity contribution in [3.8, 4) is 34.3 Å². The van der Waals surface area contributed by atoms with Crippen molar-refractivity contribution in [1.29, 1.82) is 5.26 Å². The molecule has 2 aromatic carbocycles. The van der Waals surface area contributed by atoms with Gasteiger partial charge in [0, 0.05) is 17.4 Å². The molecule has 0 saturated carbocycles. The first-order valence-corrected chi connectivity index (χ1v) is 9.79. The molecular formula is C20H15FN2O3S. The van der Waals surface area contributed by atoms with E-state index < -0.39 is 15.7 Å². The highest BCUT2D eigenvalue weighted by Crippen LogP contribution is 2.35. The Hall–Kier alpha value is -3.24. The molecule has 0 saturated heterocycles. The molecule has 0 amide bonds. The van der Waals surface area contributed by atoms with E-state index in [4.69, 9.17) is 4.74 Å². The summed E-state index contributed by atoms with van der Waals surface area (Å²) < 4.78 is 42.9. The molecule has 0 N–H and O–H groups in total. The fourth-order valence-electron chi connectivity index (χ4n) is 2.69. The zero-order valence-corrected chi connectivity index (χ0v) is 15.4. The second-order valence-electron chi connectivity index (χ2n) is 5.83. The van der Waals surface area contributed by atoms with E-state index in [0.29, 0.717) is 16.8 Å². The first-order chi connectivity index (χ1) is 12.8. The quantitative estimate of drug-likeness (QED) is 0.685. The largest absolute Gasteiger partial charge is 0.480 e. The fourth-order valence-corrected chi connectivity index (χ4v) is 3.32. The van der Waals surface area contributed by atoms with E-state index in [0.717, 1.165) is 6.26 Å². The van der Waals surface area contributed by atoms with Crippen LogP contribution in [0, 0.1) is 17.1 Å². The van der Waals surface area contributed by atoms with Gasteiger partial charge in [0.05, 0.1) is 17.7 Å². The van der Waals surface area contributed by atoms with Crippen molar-refractivity contribution in [2.24, 2.45) is 0 Å². The molecule has 0 aliphatic rings. The number of benzene rings is 2. The molecule has 7 heteroatoms. The number of hydrogen-bond acceptors (Lipinski definition) is 5. The predicted molar refractivity (Wildman–Crippen MR) is 99.4 cm³/mol. The molecule has 5 nitrogen and oxygen atoms in total. The zero-order valence-electron chi connectivity index (χ0n) is 14.6. The summed E-state index contributed by atoms with van der Waals surface area (Å²) >= 11 is 0. The van der Waals surface area contributed by atoms with E-state index in [1.165, 1.54) is 25.3 Å². The van der Waals surface area contributed by atoms with Crippen molar-refractivity contribution in [2.75, 3.05) is 13.4 Å². The molecule has 27 heavy (non-hydrogen) atoms. The molecule has 0 atom stereocenters. The maximum absolute atomic E-state index is 14.4. The lowest BCUT2D eigenvalue weighted by Gasteiger charge is -2.13. The van der Waals surface area contributed by atoms with Gasteiger partial charge >= 0.3 is 0 Å². The lowest BCUT2D eigenvalue weighted by atomic mass is 9.97. The molecule has 136 valence electrons. The Bertz CT molecular complexity index is 1150. The second-order valence-corrected chi connectivity index (χ2v) is 7.85. The Kier molecular flexibility index (Phi) is 4.93. The average Bonchev–Trinajstić information content (AvgIpc) is 2.67. The average molecular weight is 382 g/mol. The predicted octanol–water partition coefficient (Wildman–Crippen LogP) is 3.84. The normalized spacial score (nSPS) is 11.0. The van der Waals surface area contributed by atoms with Crippen molar-refractivity contribution < 1.29 is 17.5 Å². The maximum atomic E-state index is 14.4. The Morgan fingerprint density at radius 2 is 1.74 bits per heavy atom. The Balaban J connectivity index is 2.28. The van der Waals surface area contributed by atoms with Crippen LogP contribution in [0.3, 0.4) is 0 Å². The molecule has 0 unspecified atom stereocenters. The summed E-state index contributed by atoms with van der Waals surface area (Å²) in [7, 11) is -1.96. The highest BCUT2D eigenvalue weighted by Gasteiger charge is 2.18. The summed E-state index contributed by atoms with van der Waals surface area (Å²) in [5.41, 5.74) is 1.85. The first-order valence-electron chi connectivity index (χ1n) is 7.89. The molecule has 3 aromatic rings. The number of methoxy groups -OCH3 is 1. The van der Waals surface area contributed by atoms with Crippen LogP contribution in [0.25, 0.3) is 22.4 Å². The highest BCUT2D eigenvalue weighted by molar-refractivity contribution is 7.90. The standard InChI is InChI=1S/C20H15FN2O3S/c1-26-20-14(12-22)11-17(13-7-9-15(10-8-13)27(2,24)25)19(23-20)16-5-3-4-6-18(16)21/h3-11H,1-2H3. The lowest BCUT2D eigenvalue weighted by molar-refractivity contribution is 0.397. The number of nitriles is 1. The second kappa shape index (κ2) is 7.17. The van der Waals surface area contributed by atoms with E-state index in [2.05, 4.69) is 4.98 Å². The highest BCUT2D eigenvalue weighted by atomic mass is 32.2. The minimum absolute atomic E-state index is 0.0901. The van der Waals surface area contributed by atoms with Crippen molar-refractivity contribution >= 4 is 9.84 Å². The molecule has 0 fully saturated rings. The van der Waals surface area contributed by atoms with Crippen LogP contribution in [-0.2, 0) is 9.84 Å². The summed E-state index contributed by atoms with van der Waals surface area (Å²) in [6.45, 7) is 0. The SMILES string of the molecule is COc1nc(-c2ccccc2F)c(-c2ccc(S(C)(=O)=O)cc2)cc1C#N. The van der Waals surface area contributed by atoms with Crippen LogP contribution in [0.2, 0.25) is 0 Å². The minimum Gasteiger partial charge on any atom is -0.480 e. The number of hydrogen-bond donors (Lipinski definition) is 0. The van der Waals surface area contributed by atoms with Gasteiger partial charge in [-0.15, -0.1) is 0 Å². The Labute approximate surface area is 156 Å². The summed E-state index contributed by atoms with van der Waals surface area (Å²) in [5, 5.41) is 9.36. The molecule has 0 bridgehead atoms. The first kappa shape index (κ1) is 18.5. The van der Waals surface area contributed by atoms with E-state index in [-0.39, 0.29) is 21.9 Å². The smallest absolute Gasteiger partial charge is 0.232 e. The van der Waals surface area contributed by atoms with Crippen LogP contribution in [0.4, 0.5) is 4.39 Å². The molecular weight excluding hydrogens is 367 g/mol. The van der Waals surface area contributed by atoms with Gasteiger partial charge in [0.1, 0.15) is 17.4 Å². The van der Waals surface area contributed by atoms with Crippen LogP contribution in [0.1, 0.15) is 5.56 Å². The Morgan fingerprint density at radius 1 is 1.07 bits per heavy atom. The molecule has 0 spiro atoms. The molecule has 0 aliphatic carbocycles. The van der Waals surface area contributed by atoms with Crippen LogP contribution in [-0.4, -0.2) is 26.8 Å². The fraction of sp³-hybridized carbons (Fsp3) is 0.100. The molecule has 0 aliphatic heterocycles. The van der Waals surface area contributed by atoms with Crippen molar-refractivity contribution in [2.45, 2.75) is 4.90 Å². The van der Waals surface area contributed by atoms with E-state index in [1.807, 2.05) is 6.07 Å². The van der Waals surface area contributed by atoms with Crippen LogP contribution >= 0.6 is 0 Å². The number of halogens is 1. The lowest BCUT2D eigenvalue weighted by Crippen LogP contribution is -2.00. The zero-order chi connectivity index (χ0) is 19.6. The van der Waals surface area contributed by atoms with E-state index in [9.17, 15) is 18.1 Å². The Morgan fingerprint density at radius 3 is 2.30 bits per heavy atom. The summed E-state index contributed by atoms with van der Waals surface area (Å²) in [6, 6.07) is 15.9. The van der Waals surface area contributed by atoms with E-state index in [1.54, 1.807) is 36.4 Å². The van der Waals surface area contributed by atoms with Crippen molar-refractivity contribution in [3.05, 3.63) is 66.0 Å². The van der Waals surface area contributed by atoms with Gasteiger partial charge in [-0.05, 0) is 35.9 Å². The summed E-state index contributed by atoms with van der Waals surface area (Å²) in [6.07, 6.45) is 1.12. The van der Waals surface area contributed by atoms with Crippen LogP contribution in [0.15, 0.2) is 59.5 Å². The van der Waals surface area contributed by atoms with E-state index >= 15 is 0 Å². The van der Waals surface area contributed by atoms with Gasteiger partial charge in [0.2, 0.25) is 5.88 Å². The topological polar surface area (TPSA) is 80.0 Å². The number of ether oxygens (including phenoxy) is 1.